The van der Waals surface area contributed by atoms with Crippen LogP contribution < -0.4 is 19.7 Å². The number of benzene rings is 2. The van der Waals surface area contributed by atoms with Crippen molar-refractivity contribution in [3.63, 3.8) is 0 Å². The summed E-state index contributed by atoms with van der Waals surface area (Å²) in [6.07, 6.45) is 1.67. The number of thiazole rings is 1. The molecule has 2 aromatic heterocycles. The molecule has 5 rings (SSSR count). The van der Waals surface area contributed by atoms with Crippen molar-refractivity contribution in [3.05, 3.63) is 81.6 Å². The van der Waals surface area contributed by atoms with Crippen molar-refractivity contribution in [2.45, 2.75) is 13.8 Å². The molecular weight excluding hydrogens is 436 g/mol. The molecule has 1 aliphatic rings. The van der Waals surface area contributed by atoms with Gasteiger partial charge in [0.05, 0.1) is 17.9 Å². The van der Waals surface area contributed by atoms with E-state index in [2.05, 4.69) is 30.5 Å². The Morgan fingerprint density at radius 3 is 2.58 bits per heavy atom. The van der Waals surface area contributed by atoms with E-state index in [9.17, 15) is 9.59 Å². The highest BCUT2D eigenvalue weighted by Crippen LogP contribution is 2.35. The molecule has 2 aromatic carbocycles. The summed E-state index contributed by atoms with van der Waals surface area (Å²) >= 11 is 1.18. The van der Waals surface area contributed by atoms with Crippen molar-refractivity contribution in [1.82, 2.24) is 14.6 Å². The largest absolute Gasteiger partial charge is 0.493 e. The van der Waals surface area contributed by atoms with Gasteiger partial charge in [-0.25, -0.2) is 0 Å². The number of hydrogen-bond acceptors (Lipinski definition) is 6. The Labute approximate surface area is 194 Å². The van der Waals surface area contributed by atoms with Crippen molar-refractivity contribution < 1.29 is 9.53 Å². The number of anilines is 1. The summed E-state index contributed by atoms with van der Waals surface area (Å²) in [5, 5.41) is 4.42. The van der Waals surface area contributed by atoms with Crippen LogP contribution in [0.2, 0.25) is 0 Å². The lowest BCUT2D eigenvalue weighted by molar-refractivity contribution is -0.112. The zero-order chi connectivity index (χ0) is 23.1. The van der Waals surface area contributed by atoms with Crippen LogP contribution in [-0.2, 0) is 4.79 Å². The second-order valence-corrected chi connectivity index (χ2v) is 9.17. The summed E-state index contributed by atoms with van der Waals surface area (Å²) in [6, 6.07) is 14.9. The average Bonchev–Trinajstić information content (AvgIpc) is 3.44. The smallest absolute Gasteiger partial charge is 0.291 e. The highest BCUT2D eigenvalue weighted by molar-refractivity contribution is 7.15. The zero-order valence-electron chi connectivity index (χ0n) is 18.3. The van der Waals surface area contributed by atoms with E-state index in [1.54, 1.807) is 11.0 Å². The lowest BCUT2D eigenvalue weighted by Crippen LogP contribution is -2.32. The van der Waals surface area contributed by atoms with Gasteiger partial charge >= 0.3 is 0 Å². The molecule has 0 saturated carbocycles. The maximum atomic E-state index is 13.2. The van der Waals surface area contributed by atoms with Gasteiger partial charge in [-0.2, -0.15) is 9.50 Å². The summed E-state index contributed by atoms with van der Waals surface area (Å²) in [7, 11) is 0. The Hall–Kier alpha value is -3.78. The van der Waals surface area contributed by atoms with E-state index in [0.717, 1.165) is 22.6 Å². The first-order valence-electron chi connectivity index (χ1n) is 10.7. The molecule has 0 radical (unpaired) electrons. The lowest BCUT2D eigenvalue weighted by Gasteiger charge is -2.13. The third-order valence-corrected chi connectivity index (χ3v) is 6.34. The Morgan fingerprint density at radius 2 is 1.88 bits per heavy atom. The van der Waals surface area contributed by atoms with E-state index in [-0.39, 0.29) is 11.5 Å². The predicted molar refractivity (Wildman–Crippen MR) is 130 cm³/mol. The number of ether oxygens (including phenoxy) is 1. The number of carbonyl (C=O) groups excluding carboxylic acids is 1. The number of para-hydroxylation sites is 1. The van der Waals surface area contributed by atoms with Crippen LogP contribution in [0.1, 0.15) is 19.4 Å². The monoisotopic (exact) mass is 458 g/mol. The number of carbonyl (C=O) groups is 1. The van der Waals surface area contributed by atoms with Crippen molar-refractivity contribution in [1.29, 1.82) is 0 Å². The Balaban J connectivity index is 1.56. The fourth-order valence-corrected chi connectivity index (χ4v) is 4.78. The van der Waals surface area contributed by atoms with Gasteiger partial charge in [0.25, 0.3) is 11.5 Å². The van der Waals surface area contributed by atoms with Crippen LogP contribution in [-0.4, -0.2) is 33.7 Å². The molecular formula is C25H22N4O3S. The molecule has 1 aliphatic heterocycles. The molecule has 7 nitrogen and oxygen atoms in total. The third kappa shape index (κ3) is 3.62. The van der Waals surface area contributed by atoms with Gasteiger partial charge in [-0.1, -0.05) is 49.5 Å². The standard InChI is InChI=1S/C25H22N4O3S/c1-4-13-28-19-8-6-5-7-18(19)20(23(28)30)21-24(31)29-25(33-21)26-22(27-29)16-9-11-17(12-10-16)32-14-15(2)3/h4-12,15H,1,13-14H2,2-3H3/b21-20-. The van der Waals surface area contributed by atoms with Crippen molar-refractivity contribution in [2.24, 2.45) is 5.92 Å². The molecule has 166 valence electrons. The summed E-state index contributed by atoms with van der Waals surface area (Å²) in [4.78, 5) is 33.0. The first-order chi connectivity index (χ1) is 16.0. The molecule has 0 unspecified atom stereocenters. The van der Waals surface area contributed by atoms with Crippen molar-refractivity contribution >= 4 is 33.5 Å². The van der Waals surface area contributed by atoms with Crippen LogP contribution >= 0.6 is 11.3 Å². The van der Waals surface area contributed by atoms with E-state index in [4.69, 9.17) is 4.74 Å². The topological polar surface area (TPSA) is 76.8 Å². The number of fused-ring (bicyclic) bond motifs is 2. The van der Waals surface area contributed by atoms with Gasteiger partial charge in [0.1, 0.15) is 10.3 Å². The van der Waals surface area contributed by atoms with Gasteiger partial charge < -0.3 is 9.64 Å². The summed E-state index contributed by atoms with van der Waals surface area (Å²) < 4.78 is 7.34. The minimum atomic E-state index is -0.343. The maximum Gasteiger partial charge on any atom is 0.291 e. The molecule has 0 bridgehead atoms. The number of rotatable bonds is 6. The number of hydrogen-bond donors (Lipinski definition) is 0. The van der Waals surface area contributed by atoms with Crippen LogP contribution in [0.25, 0.3) is 21.9 Å². The maximum absolute atomic E-state index is 13.2. The van der Waals surface area contributed by atoms with E-state index in [0.29, 0.717) is 40.0 Å². The van der Waals surface area contributed by atoms with Crippen molar-refractivity contribution in [2.75, 3.05) is 18.1 Å². The summed E-state index contributed by atoms with van der Waals surface area (Å²) in [5.41, 5.74) is 2.35. The molecule has 1 amide bonds. The summed E-state index contributed by atoms with van der Waals surface area (Å²) in [6.45, 7) is 8.95. The normalized spacial score (nSPS) is 14.9. The molecule has 0 spiro atoms. The first-order valence-corrected chi connectivity index (χ1v) is 11.5. The lowest BCUT2D eigenvalue weighted by atomic mass is 10.1. The molecule has 0 N–H and O–H groups in total. The molecule has 0 aliphatic carbocycles. The van der Waals surface area contributed by atoms with E-state index < -0.39 is 0 Å². The van der Waals surface area contributed by atoms with Crippen LogP contribution in [0.5, 0.6) is 5.75 Å². The number of nitrogens with zero attached hydrogens (tertiary/aromatic N) is 4. The molecule has 0 atom stereocenters. The van der Waals surface area contributed by atoms with Gasteiger partial charge in [0.2, 0.25) is 4.96 Å². The van der Waals surface area contributed by atoms with E-state index in [1.165, 1.54) is 15.9 Å². The molecule has 0 fully saturated rings. The summed E-state index contributed by atoms with van der Waals surface area (Å²) in [5.74, 6) is 1.46. The Morgan fingerprint density at radius 1 is 1.12 bits per heavy atom. The zero-order valence-corrected chi connectivity index (χ0v) is 19.1. The van der Waals surface area contributed by atoms with Crippen LogP contribution in [0.4, 0.5) is 5.69 Å². The second kappa shape index (κ2) is 8.29. The molecule has 33 heavy (non-hydrogen) atoms. The highest BCUT2D eigenvalue weighted by Gasteiger charge is 2.33. The van der Waals surface area contributed by atoms with Gasteiger partial charge in [-0.05, 0) is 36.2 Å². The molecule has 3 heterocycles. The predicted octanol–water partition coefficient (Wildman–Crippen LogP) is 3.30. The average molecular weight is 459 g/mol. The van der Waals surface area contributed by atoms with E-state index in [1.807, 2.05) is 48.5 Å². The first kappa shape index (κ1) is 21.1. The number of aromatic nitrogens is 3. The SMILES string of the molecule is C=CCN1C(=O)/C(=c2\sc3nc(-c4ccc(OCC(C)C)cc4)nn3c2=O)c2ccccc21. The second-order valence-electron chi connectivity index (χ2n) is 8.19. The minimum Gasteiger partial charge on any atom is -0.493 e. The Bertz CT molecular complexity index is 1480. The highest BCUT2D eigenvalue weighted by atomic mass is 32.1. The molecule has 8 heteroatoms. The van der Waals surface area contributed by atoms with Gasteiger partial charge in [-0.3, -0.25) is 9.59 Å². The minimum absolute atomic E-state index is 0.213. The van der Waals surface area contributed by atoms with E-state index >= 15 is 0 Å². The Kier molecular flexibility index (Phi) is 5.30. The molecule has 4 aromatic rings. The van der Waals surface area contributed by atoms with Crippen molar-refractivity contribution in [3.8, 4) is 17.1 Å². The van der Waals surface area contributed by atoms with Crippen LogP contribution in [0, 0.1) is 5.92 Å². The quantitative estimate of drug-likeness (QED) is 0.415. The fraction of sp³-hybridized carbons (Fsp3) is 0.200. The van der Waals surface area contributed by atoms with Gasteiger partial charge in [0, 0.05) is 17.7 Å². The van der Waals surface area contributed by atoms with Gasteiger partial charge in [-0.15, -0.1) is 11.7 Å². The van der Waals surface area contributed by atoms with Crippen LogP contribution in [0.15, 0.2) is 66.0 Å². The van der Waals surface area contributed by atoms with Gasteiger partial charge in [0.15, 0.2) is 5.82 Å². The molecule has 0 saturated heterocycles. The van der Waals surface area contributed by atoms with Crippen LogP contribution in [0.3, 0.4) is 0 Å². The fourth-order valence-electron chi connectivity index (χ4n) is 3.78. The third-order valence-electron chi connectivity index (χ3n) is 5.32. The number of amides is 1.